The molecule has 2 heterocycles. The number of hydrogen-bond donors (Lipinski definition) is 1. The van der Waals surface area contributed by atoms with E-state index in [1.807, 2.05) is 7.05 Å². The number of halogens is 1. The predicted octanol–water partition coefficient (Wildman–Crippen LogP) is 2.59. The van der Waals surface area contributed by atoms with Gasteiger partial charge in [0.05, 0.1) is 10.6 Å². The molecular formula is C13H14ClN3O2S2. The van der Waals surface area contributed by atoms with Gasteiger partial charge in [-0.15, -0.1) is 0 Å². The second-order valence-corrected chi connectivity index (χ2v) is 8.14. The first-order chi connectivity index (χ1) is 9.94. The molecule has 0 fully saturated rings. The Morgan fingerprint density at radius 1 is 1.33 bits per heavy atom. The van der Waals surface area contributed by atoms with Crippen molar-refractivity contribution in [2.45, 2.75) is 17.9 Å². The summed E-state index contributed by atoms with van der Waals surface area (Å²) in [5.41, 5.74) is 0.993. The van der Waals surface area contributed by atoms with Crippen molar-refractivity contribution in [3.63, 3.8) is 0 Å². The fourth-order valence-corrected chi connectivity index (χ4v) is 4.60. The SMILES string of the molecule is CN1CCc2nc(NS(=O)(=O)c3ccc(Cl)cc3)sc2C1. The van der Waals surface area contributed by atoms with Crippen LogP contribution in [0.3, 0.4) is 0 Å². The number of rotatable bonds is 3. The number of benzene rings is 1. The van der Waals surface area contributed by atoms with E-state index in [0.717, 1.165) is 30.1 Å². The van der Waals surface area contributed by atoms with Gasteiger partial charge in [0.1, 0.15) is 0 Å². The first-order valence-corrected chi connectivity index (χ1v) is 9.07. The fraction of sp³-hybridized carbons (Fsp3) is 0.308. The molecule has 112 valence electrons. The monoisotopic (exact) mass is 343 g/mol. The third-order valence-corrected chi connectivity index (χ3v) is 6.00. The number of anilines is 1. The van der Waals surface area contributed by atoms with E-state index in [0.29, 0.717) is 10.2 Å². The van der Waals surface area contributed by atoms with Crippen molar-refractivity contribution >= 4 is 38.1 Å². The zero-order chi connectivity index (χ0) is 15.0. The van der Waals surface area contributed by atoms with Crippen molar-refractivity contribution in [2.75, 3.05) is 18.3 Å². The molecule has 0 amide bonds. The van der Waals surface area contributed by atoms with Gasteiger partial charge in [0, 0.05) is 29.4 Å². The van der Waals surface area contributed by atoms with E-state index in [9.17, 15) is 8.42 Å². The topological polar surface area (TPSA) is 62.3 Å². The van der Waals surface area contributed by atoms with Crippen molar-refractivity contribution in [1.29, 1.82) is 0 Å². The number of hydrogen-bond acceptors (Lipinski definition) is 5. The summed E-state index contributed by atoms with van der Waals surface area (Å²) in [6.45, 7) is 1.76. The molecule has 0 unspecified atom stereocenters. The highest BCUT2D eigenvalue weighted by atomic mass is 35.5. The smallest absolute Gasteiger partial charge is 0.263 e. The molecule has 0 bridgehead atoms. The van der Waals surface area contributed by atoms with Gasteiger partial charge in [-0.05, 0) is 31.3 Å². The summed E-state index contributed by atoms with van der Waals surface area (Å²) in [6.07, 6.45) is 0.852. The predicted molar refractivity (Wildman–Crippen MR) is 84.4 cm³/mol. The molecule has 1 aliphatic heterocycles. The molecule has 0 spiro atoms. The molecule has 0 aliphatic carbocycles. The van der Waals surface area contributed by atoms with E-state index in [2.05, 4.69) is 14.6 Å². The van der Waals surface area contributed by atoms with Gasteiger partial charge >= 0.3 is 0 Å². The van der Waals surface area contributed by atoms with Crippen molar-refractivity contribution in [2.24, 2.45) is 0 Å². The quantitative estimate of drug-likeness (QED) is 0.930. The van der Waals surface area contributed by atoms with Gasteiger partial charge in [0.25, 0.3) is 10.0 Å². The molecule has 0 atom stereocenters. The average Bonchev–Trinajstić information content (AvgIpc) is 2.79. The first-order valence-electron chi connectivity index (χ1n) is 6.39. The highest BCUT2D eigenvalue weighted by Crippen LogP contribution is 2.29. The molecule has 2 aromatic rings. The molecule has 1 N–H and O–H groups in total. The standard InChI is InChI=1S/C13H14ClN3O2S2/c1-17-7-6-11-12(8-17)20-13(15-11)16-21(18,19)10-4-2-9(14)3-5-10/h2-5H,6-8H2,1H3,(H,15,16). The molecule has 21 heavy (non-hydrogen) atoms. The molecule has 1 aromatic heterocycles. The number of nitrogens with one attached hydrogen (secondary N) is 1. The summed E-state index contributed by atoms with van der Waals surface area (Å²) in [6, 6.07) is 6.06. The van der Waals surface area contributed by atoms with Crippen LogP contribution in [0.1, 0.15) is 10.6 Å². The largest absolute Gasteiger partial charge is 0.301 e. The summed E-state index contributed by atoms with van der Waals surface area (Å²) < 4.78 is 27.1. The Balaban J connectivity index is 1.84. The first kappa shape index (κ1) is 14.8. The molecule has 5 nitrogen and oxygen atoms in total. The van der Waals surface area contributed by atoms with Gasteiger partial charge in [-0.1, -0.05) is 22.9 Å². The van der Waals surface area contributed by atoms with Gasteiger partial charge in [-0.3, -0.25) is 4.72 Å². The Kier molecular flexibility index (Phi) is 3.92. The molecule has 0 radical (unpaired) electrons. The van der Waals surface area contributed by atoms with E-state index in [4.69, 9.17) is 11.6 Å². The second kappa shape index (κ2) is 5.57. The van der Waals surface area contributed by atoms with E-state index >= 15 is 0 Å². The van der Waals surface area contributed by atoms with Crippen molar-refractivity contribution in [3.05, 3.63) is 39.9 Å². The van der Waals surface area contributed by atoms with E-state index in [1.54, 1.807) is 12.1 Å². The van der Waals surface area contributed by atoms with Crippen LogP contribution < -0.4 is 4.72 Å². The van der Waals surface area contributed by atoms with E-state index in [1.165, 1.54) is 23.5 Å². The summed E-state index contributed by atoms with van der Waals surface area (Å²) in [7, 11) is -1.58. The van der Waals surface area contributed by atoms with Gasteiger partial charge < -0.3 is 4.90 Å². The molecule has 8 heteroatoms. The minimum Gasteiger partial charge on any atom is -0.301 e. The summed E-state index contributed by atoms with van der Waals surface area (Å²) in [5, 5.41) is 0.923. The summed E-state index contributed by atoms with van der Waals surface area (Å²) >= 11 is 7.17. The lowest BCUT2D eigenvalue weighted by atomic mass is 10.2. The average molecular weight is 344 g/mol. The third kappa shape index (κ3) is 3.21. The Hall–Kier alpha value is -1.15. The number of thiazole rings is 1. The Bertz CT molecular complexity index is 756. The zero-order valence-electron chi connectivity index (χ0n) is 11.3. The number of sulfonamides is 1. The molecule has 1 aliphatic rings. The van der Waals surface area contributed by atoms with Crippen LogP contribution in [0.4, 0.5) is 5.13 Å². The van der Waals surface area contributed by atoms with Crippen LogP contribution in [0.2, 0.25) is 5.02 Å². The zero-order valence-corrected chi connectivity index (χ0v) is 13.7. The van der Waals surface area contributed by atoms with Crippen LogP contribution in [0.5, 0.6) is 0 Å². The van der Waals surface area contributed by atoms with Gasteiger partial charge in [0.2, 0.25) is 0 Å². The highest BCUT2D eigenvalue weighted by molar-refractivity contribution is 7.93. The molecule has 1 aromatic carbocycles. The van der Waals surface area contributed by atoms with E-state index < -0.39 is 10.0 Å². The lowest BCUT2D eigenvalue weighted by molar-refractivity contribution is 0.314. The minimum absolute atomic E-state index is 0.178. The third-order valence-electron chi connectivity index (χ3n) is 3.27. The van der Waals surface area contributed by atoms with Crippen molar-refractivity contribution in [3.8, 4) is 0 Å². The Morgan fingerprint density at radius 3 is 2.76 bits per heavy atom. The van der Waals surface area contributed by atoms with Crippen LogP contribution in [-0.4, -0.2) is 31.9 Å². The Labute approximate surface area is 132 Å². The fourth-order valence-electron chi connectivity index (χ4n) is 2.15. The maximum atomic E-state index is 12.3. The van der Waals surface area contributed by atoms with E-state index in [-0.39, 0.29) is 4.90 Å². The van der Waals surface area contributed by atoms with Crippen LogP contribution in [0.25, 0.3) is 0 Å². The van der Waals surface area contributed by atoms with Crippen LogP contribution in [0, 0.1) is 0 Å². The molecular weight excluding hydrogens is 330 g/mol. The number of nitrogens with zero attached hydrogens (tertiary/aromatic N) is 2. The molecule has 0 saturated carbocycles. The van der Waals surface area contributed by atoms with Crippen molar-refractivity contribution in [1.82, 2.24) is 9.88 Å². The number of likely N-dealkylation sites (N-methyl/N-ethyl adjacent to an activating group) is 1. The lowest BCUT2D eigenvalue weighted by Gasteiger charge is -2.20. The maximum Gasteiger partial charge on any atom is 0.263 e. The van der Waals surface area contributed by atoms with Gasteiger partial charge in [-0.2, -0.15) is 0 Å². The molecule has 0 saturated heterocycles. The van der Waals surface area contributed by atoms with Gasteiger partial charge in [-0.25, -0.2) is 13.4 Å². The van der Waals surface area contributed by atoms with Crippen LogP contribution in [0.15, 0.2) is 29.2 Å². The second-order valence-electron chi connectivity index (χ2n) is 4.94. The minimum atomic E-state index is -3.62. The highest BCUT2D eigenvalue weighted by Gasteiger charge is 2.21. The normalized spacial score (nSPS) is 15.7. The number of fused-ring (bicyclic) bond motifs is 1. The van der Waals surface area contributed by atoms with Gasteiger partial charge in [0.15, 0.2) is 5.13 Å². The maximum absolute atomic E-state index is 12.3. The number of aromatic nitrogens is 1. The van der Waals surface area contributed by atoms with Crippen molar-refractivity contribution < 1.29 is 8.42 Å². The van der Waals surface area contributed by atoms with Crippen LogP contribution in [-0.2, 0) is 23.0 Å². The lowest BCUT2D eigenvalue weighted by Crippen LogP contribution is -2.25. The molecule has 3 rings (SSSR count). The van der Waals surface area contributed by atoms with Crippen LogP contribution >= 0.6 is 22.9 Å². The summed E-state index contributed by atoms with van der Waals surface area (Å²) in [5.74, 6) is 0. The Morgan fingerprint density at radius 2 is 2.05 bits per heavy atom. The summed E-state index contributed by atoms with van der Waals surface area (Å²) in [4.78, 5) is 7.88.